The van der Waals surface area contributed by atoms with Crippen LogP contribution in [0.3, 0.4) is 0 Å². The van der Waals surface area contributed by atoms with E-state index in [1.165, 1.54) is 23.9 Å². The third kappa shape index (κ3) is 1.42. The normalized spacial score (nSPS) is 18.6. The Morgan fingerprint density at radius 1 is 1.35 bits per heavy atom. The first-order chi connectivity index (χ1) is 7.94. The van der Waals surface area contributed by atoms with Gasteiger partial charge in [-0.2, -0.15) is 0 Å². The number of aryl methyl sites for hydroxylation is 1. The van der Waals surface area contributed by atoms with Crippen molar-refractivity contribution in [3.63, 3.8) is 0 Å². The summed E-state index contributed by atoms with van der Waals surface area (Å²) in [6, 6.07) is 6.58. The molecule has 2 N–H and O–H groups in total. The number of imidazole rings is 1. The molecule has 1 aliphatic carbocycles. The lowest BCUT2D eigenvalue weighted by Crippen LogP contribution is -2.45. The smallest absolute Gasteiger partial charge is 0.0955 e. The fourth-order valence-corrected chi connectivity index (χ4v) is 2.86. The second-order valence-electron chi connectivity index (χ2n) is 5.86. The Morgan fingerprint density at radius 2 is 2.06 bits per heavy atom. The summed E-state index contributed by atoms with van der Waals surface area (Å²) in [5, 5.41) is 0. The van der Waals surface area contributed by atoms with E-state index < -0.39 is 0 Å². The number of benzene rings is 1. The predicted molar refractivity (Wildman–Crippen MR) is 69.9 cm³/mol. The number of aromatic nitrogens is 2. The lowest BCUT2D eigenvalue weighted by molar-refractivity contribution is 0.392. The summed E-state index contributed by atoms with van der Waals surface area (Å²) in [6.45, 7) is 4.26. The van der Waals surface area contributed by atoms with E-state index in [9.17, 15) is 0 Å². The van der Waals surface area contributed by atoms with Crippen LogP contribution in [0.5, 0.6) is 0 Å². The molecular weight excluding hydrogens is 210 g/mol. The molecular formula is C14H19N3. The maximum absolute atomic E-state index is 6.33. The molecule has 0 amide bonds. The van der Waals surface area contributed by atoms with Gasteiger partial charge in [0.25, 0.3) is 0 Å². The fraction of sp³-hybridized carbons (Fsp3) is 0.500. The zero-order chi connectivity index (χ0) is 12.3. The number of hydrogen-bond acceptors (Lipinski definition) is 2. The highest BCUT2D eigenvalue weighted by Crippen LogP contribution is 2.54. The molecule has 90 valence electrons. The fourth-order valence-electron chi connectivity index (χ4n) is 2.86. The molecule has 3 rings (SSSR count). The first kappa shape index (κ1) is 10.8. The van der Waals surface area contributed by atoms with Gasteiger partial charge >= 0.3 is 0 Å². The standard InChI is InChI=1S/C14H19N3/c1-13(2,15)14(6-7-14)10-4-5-12-11(8-10)16-9-17(12)3/h4-5,8-9H,6-7,15H2,1-3H3. The molecule has 1 aliphatic rings. The lowest BCUT2D eigenvalue weighted by atomic mass is 9.79. The quantitative estimate of drug-likeness (QED) is 0.859. The predicted octanol–water partition coefficient (Wildman–Crippen LogP) is 2.34. The molecule has 3 nitrogen and oxygen atoms in total. The highest BCUT2D eigenvalue weighted by atomic mass is 15.0. The van der Waals surface area contributed by atoms with Crippen molar-refractivity contribution in [2.75, 3.05) is 0 Å². The lowest BCUT2D eigenvalue weighted by Gasteiger charge is -2.31. The van der Waals surface area contributed by atoms with Gasteiger partial charge < -0.3 is 10.3 Å². The Labute approximate surface area is 102 Å². The minimum atomic E-state index is -0.157. The zero-order valence-corrected chi connectivity index (χ0v) is 10.7. The molecule has 1 saturated carbocycles. The van der Waals surface area contributed by atoms with Crippen LogP contribution >= 0.6 is 0 Å². The minimum Gasteiger partial charge on any atom is -0.334 e. The van der Waals surface area contributed by atoms with Crippen molar-refractivity contribution in [3.8, 4) is 0 Å². The van der Waals surface area contributed by atoms with E-state index in [0.717, 1.165) is 5.52 Å². The number of nitrogens with zero attached hydrogens (tertiary/aromatic N) is 2. The van der Waals surface area contributed by atoms with Crippen LogP contribution in [-0.2, 0) is 12.5 Å². The van der Waals surface area contributed by atoms with Gasteiger partial charge in [-0.05, 0) is 44.4 Å². The summed E-state index contributed by atoms with van der Waals surface area (Å²) < 4.78 is 2.05. The van der Waals surface area contributed by atoms with Crippen molar-refractivity contribution in [2.45, 2.75) is 37.6 Å². The van der Waals surface area contributed by atoms with Crippen molar-refractivity contribution in [2.24, 2.45) is 12.8 Å². The molecule has 0 aliphatic heterocycles. The summed E-state index contributed by atoms with van der Waals surface area (Å²) in [6.07, 6.45) is 4.24. The maximum Gasteiger partial charge on any atom is 0.0955 e. The molecule has 0 atom stereocenters. The van der Waals surface area contributed by atoms with Crippen molar-refractivity contribution in [3.05, 3.63) is 30.1 Å². The third-order valence-electron chi connectivity index (χ3n) is 4.26. The largest absolute Gasteiger partial charge is 0.334 e. The first-order valence-corrected chi connectivity index (χ1v) is 6.14. The molecule has 2 aromatic rings. The van der Waals surface area contributed by atoms with Crippen molar-refractivity contribution in [1.82, 2.24) is 9.55 Å². The number of hydrogen-bond donors (Lipinski definition) is 1. The molecule has 3 heteroatoms. The first-order valence-electron chi connectivity index (χ1n) is 6.14. The average Bonchev–Trinajstić information content (AvgIpc) is 3.00. The van der Waals surface area contributed by atoms with E-state index in [1.807, 2.05) is 17.9 Å². The second kappa shape index (κ2) is 3.10. The van der Waals surface area contributed by atoms with Gasteiger partial charge in [-0.1, -0.05) is 6.07 Å². The monoisotopic (exact) mass is 229 g/mol. The van der Waals surface area contributed by atoms with Gasteiger partial charge in [0, 0.05) is 18.0 Å². The van der Waals surface area contributed by atoms with E-state index >= 15 is 0 Å². The van der Waals surface area contributed by atoms with E-state index in [0.29, 0.717) is 0 Å². The van der Waals surface area contributed by atoms with Crippen LogP contribution in [0.4, 0.5) is 0 Å². The molecule has 0 saturated heterocycles. The topological polar surface area (TPSA) is 43.8 Å². The highest BCUT2D eigenvalue weighted by molar-refractivity contribution is 5.76. The van der Waals surface area contributed by atoms with Gasteiger partial charge in [0.1, 0.15) is 0 Å². The Morgan fingerprint density at radius 3 is 2.65 bits per heavy atom. The van der Waals surface area contributed by atoms with Crippen LogP contribution in [0, 0.1) is 0 Å². The zero-order valence-electron chi connectivity index (χ0n) is 10.7. The second-order valence-corrected chi connectivity index (χ2v) is 5.86. The molecule has 1 fully saturated rings. The van der Waals surface area contributed by atoms with E-state index in [-0.39, 0.29) is 11.0 Å². The van der Waals surface area contributed by atoms with Gasteiger partial charge in [0.05, 0.1) is 17.4 Å². The Bertz CT molecular complexity index is 571. The van der Waals surface area contributed by atoms with Crippen molar-refractivity contribution >= 4 is 11.0 Å². The Hall–Kier alpha value is -1.35. The van der Waals surface area contributed by atoms with Gasteiger partial charge in [0.15, 0.2) is 0 Å². The molecule has 1 aromatic heterocycles. The maximum atomic E-state index is 6.33. The third-order valence-corrected chi connectivity index (χ3v) is 4.26. The van der Waals surface area contributed by atoms with Gasteiger partial charge in [-0.25, -0.2) is 4.98 Å². The van der Waals surface area contributed by atoms with Crippen LogP contribution in [0.15, 0.2) is 24.5 Å². The van der Waals surface area contributed by atoms with Gasteiger partial charge in [-0.15, -0.1) is 0 Å². The SMILES string of the molecule is Cn1cnc2cc(C3(C(C)(C)N)CC3)ccc21. The summed E-state index contributed by atoms with van der Waals surface area (Å²) in [5.74, 6) is 0. The summed E-state index contributed by atoms with van der Waals surface area (Å²) in [7, 11) is 2.02. The Kier molecular flexibility index (Phi) is 1.97. The molecule has 0 radical (unpaired) electrons. The molecule has 17 heavy (non-hydrogen) atoms. The molecule has 0 unspecified atom stereocenters. The van der Waals surface area contributed by atoms with Crippen LogP contribution in [-0.4, -0.2) is 15.1 Å². The average molecular weight is 229 g/mol. The van der Waals surface area contributed by atoms with Crippen molar-refractivity contribution < 1.29 is 0 Å². The number of nitrogens with two attached hydrogens (primary N) is 1. The minimum absolute atomic E-state index is 0.157. The van der Waals surface area contributed by atoms with E-state index in [2.05, 4.69) is 37.0 Å². The number of rotatable bonds is 2. The van der Waals surface area contributed by atoms with Crippen LogP contribution < -0.4 is 5.73 Å². The summed E-state index contributed by atoms with van der Waals surface area (Å²) >= 11 is 0. The molecule has 0 spiro atoms. The summed E-state index contributed by atoms with van der Waals surface area (Å²) in [5.41, 5.74) is 9.93. The van der Waals surface area contributed by atoms with Gasteiger partial charge in [-0.3, -0.25) is 0 Å². The van der Waals surface area contributed by atoms with Crippen LogP contribution in [0.2, 0.25) is 0 Å². The highest BCUT2D eigenvalue weighted by Gasteiger charge is 2.53. The molecule has 0 bridgehead atoms. The van der Waals surface area contributed by atoms with Crippen LogP contribution in [0.25, 0.3) is 11.0 Å². The van der Waals surface area contributed by atoms with Gasteiger partial charge in [0.2, 0.25) is 0 Å². The molecule has 1 aromatic carbocycles. The molecule has 1 heterocycles. The van der Waals surface area contributed by atoms with Crippen molar-refractivity contribution in [1.29, 1.82) is 0 Å². The Balaban J connectivity index is 2.13. The summed E-state index contributed by atoms with van der Waals surface area (Å²) in [4.78, 5) is 4.42. The van der Waals surface area contributed by atoms with Crippen LogP contribution in [0.1, 0.15) is 32.3 Å². The number of fused-ring (bicyclic) bond motifs is 1. The van der Waals surface area contributed by atoms with E-state index in [4.69, 9.17) is 5.73 Å². The van der Waals surface area contributed by atoms with E-state index in [1.54, 1.807) is 0 Å².